The van der Waals surface area contributed by atoms with Gasteiger partial charge in [-0.3, -0.25) is 10.1 Å². The van der Waals surface area contributed by atoms with Crippen molar-refractivity contribution in [3.8, 4) is 0 Å². The second-order valence-corrected chi connectivity index (χ2v) is 9.74. The number of carbonyl (C=O) groups is 1. The van der Waals surface area contributed by atoms with Crippen molar-refractivity contribution in [2.24, 2.45) is 5.92 Å². The summed E-state index contributed by atoms with van der Waals surface area (Å²) in [5, 5.41) is 3.43. The average Bonchev–Trinajstić information content (AvgIpc) is 2.96. The SMILES string of the molecule is C[C@H]1CCc2nc(NC(=O)c3ccc(S(=O)(=O)N(C)C)cc3)sc2C1. The first kappa shape index (κ1) is 18.0. The number of amides is 1. The molecule has 0 saturated carbocycles. The number of aryl methyl sites for hydroxylation is 1. The lowest BCUT2D eigenvalue weighted by molar-refractivity contribution is 0.102. The molecule has 1 heterocycles. The molecule has 1 amide bonds. The summed E-state index contributed by atoms with van der Waals surface area (Å²) in [4.78, 5) is 18.3. The quantitative estimate of drug-likeness (QED) is 0.886. The van der Waals surface area contributed by atoms with Gasteiger partial charge < -0.3 is 0 Å². The number of fused-ring (bicyclic) bond motifs is 1. The van der Waals surface area contributed by atoms with Gasteiger partial charge in [0.2, 0.25) is 10.0 Å². The second-order valence-electron chi connectivity index (χ2n) is 6.50. The number of carbonyl (C=O) groups excluding carboxylic acids is 1. The van der Waals surface area contributed by atoms with E-state index < -0.39 is 10.0 Å². The Morgan fingerprint density at radius 2 is 1.96 bits per heavy atom. The Morgan fingerprint density at radius 1 is 1.28 bits per heavy atom. The fraction of sp³-hybridized carbons (Fsp3) is 0.412. The molecule has 0 radical (unpaired) electrons. The molecule has 2 aromatic rings. The predicted molar refractivity (Wildman–Crippen MR) is 98.6 cm³/mol. The molecule has 1 N–H and O–H groups in total. The first-order chi connectivity index (χ1) is 11.8. The molecule has 3 rings (SSSR count). The van der Waals surface area contributed by atoms with Crippen LogP contribution in [0.4, 0.5) is 5.13 Å². The van der Waals surface area contributed by atoms with Crippen molar-refractivity contribution in [1.82, 2.24) is 9.29 Å². The normalized spacial score (nSPS) is 17.4. The summed E-state index contributed by atoms with van der Waals surface area (Å²) in [6.45, 7) is 2.23. The number of anilines is 1. The zero-order valence-electron chi connectivity index (χ0n) is 14.4. The summed E-state index contributed by atoms with van der Waals surface area (Å²) >= 11 is 1.53. The minimum atomic E-state index is -3.49. The Bertz CT molecular complexity index is 886. The molecule has 0 bridgehead atoms. The lowest BCUT2D eigenvalue weighted by Crippen LogP contribution is -2.22. The van der Waals surface area contributed by atoms with E-state index in [0.29, 0.717) is 16.6 Å². The van der Waals surface area contributed by atoms with E-state index in [4.69, 9.17) is 0 Å². The van der Waals surface area contributed by atoms with E-state index in [0.717, 1.165) is 29.3 Å². The maximum absolute atomic E-state index is 12.4. The molecule has 1 aromatic carbocycles. The minimum Gasteiger partial charge on any atom is -0.298 e. The monoisotopic (exact) mass is 379 g/mol. The maximum atomic E-state index is 12.4. The molecule has 6 nitrogen and oxygen atoms in total. The highest BCUT2D eigenvalue weighted by Crippen LogP contribution is 2.32. The molecule has 1 atom stereocenters. The molecule has 0 fully saturated rings. The van der Waals surface area contributed by atoms with Crippen LogP contribution in [0.5, 0.6) is 0 Å². The van der Waals surface area contributed by atoms with Crippen molar-refractivity contribution in [2.75, 3.05) is 19.4 Å². The van der Waals surface area contributed by atoms with Crippen molar-refractivity contribution >= 4 is 32.4 Å². The van der Waals surface area contributed by atoms with Gasteiger partial charge in [-0.25, -0.2) is 17.7 Å². The van der Waals surface area contributed by atoms with Crippen LogP contribution < -0.4 is 5.32 Å². The number of aromatic nitrogens is 1. The maximum Gasteiger partial charge on any atom is 0.257 e. The number of rotatable bonds is 4. The summed E-state index contributed by atoms with van der Waals surface area (Å²) in [5.74, 6) is 0.371. The molecule has 0 unspecified atom stereocenters. The van der Waals surface area contributed by atoms with Gasteiger partial charge in [0.25, 0.3) is 5.91 Å². The summed E-state index contributed by atoms with van der Waals surface area (Å²) < 4.78 is 25.3. The highest BCUT2D eigenvalue weighted by molar-refractivity contribution is 7.89. The molecular weight excluding hydrogens is 358 g/mol. The first-order valence-corrected chi connectivity index (χ1v) is 10.4. The van der Waals surface area contributed by atoms with Crippen LogP contribution in [0, 0.1) is 5.92 Å². The number of thiazole rings is 1. The summed E-state index contributed by atoms with van der Waals surface area (Å²) in [6, 6.07) is 5.92. The minimum absolute atomic E-state index is 0.160. The zero-order valence-corrected chi connectivity index (χ0v) is 16.1. The average molecular weight is 380 g/mol. The van der Waals surface area contributed by atoms with Crippen LogP contribution in [0.2, 0.25) is 0 Å². The van der Waals surface area contributed by atoms with Gasteiger partial charge >= 0.3 is 0 Å². The molecule has 0 saturated heterocycles. The molecule has 1 aliphatic rings. The Morgan fingerprint density at radius 3 is 2.60 bits per heavy atom. The van der Waals surface area contributed by atoms with Gasteiger partial charge in [-0.2, -0.15) is 0 Å². The van der Waals surface area contributed by atoms with E-state index >= 15 is 0 Å². The van der Waals surface area contributed by atoms with Crippen LogP contribution in [0.1, 0.15) is 34.3 Å². The molecule has 0 aliphatic heterocycles. The van der Waals surface area contributed by atoms with Crippen molar-refractivity contribution in [2.45, 2.75) is 31.1 Å². The van der Waals surface area contributed by atoms with Gasteiger partial charge in [-0.05, 0) is 49.4 Å². The van der Waals surface area contributed by atoms with Crippen molar-refractivity contribution in [3.05, 3.63) is 40.4 Å². The van der Waals surface area contributed by atoms with Crippen LogP contribution >= 0.6 is 11.3 Å². The lowest BCUT2D eigenvalue weighted by Gasteiger charge is -2.15. The number of nitrogens with zero attached hydrogens (tertiary/aromatic N) is 2. The van der Waals surface area contributed by atoms with Gasteiger partial charge in [0.05, 0.1) is 10.6 Å². The Hall–Kier alpha value is -1.77. The van der Waals surface area contributed by atoms with E-state index in [9.17, 15) is 13.2 Å². The third kappa shape index (κ3) is 3.75. The van der Waals surface area contributed by atoms with E-state index in [-0.39, 0.29) is 10.8 Å². The standard InChI is InChI=1S/C17H21N3O3S2/c1-11-4-9-14-15(10-11)24-17(18-14)19-16(21)12-5-7-13(8-6-12)25(22,23)20(2)3/h5-8,11H,4,9-10H2,1-3H3,(H,18,19,21)/t11-/m0/s1. The van der Waals surface area contributed by atoms with Gasteiger partial charge in [0.15, 0.2) is 5.13 Å². The van der Waals surface area contributed by atoms with Crippen LogP contribution in [0.25, 0.3) is 0 Å². The smallest absolute Gasteiger partial charge is 0.257 e. The molecule has 8 heteroatoms. The van der Waals surface area contributed by atoms with Crippen molar-refractivity contribution < 1.29 is 13.2 Å². The van der Waals surface area contributed by atoms with E-state index in [2.05, 4.69) is 17.2 Å². The van der Waals surface area contributed by atoms with E-state index in [1.807, 2.05) is 0 Å². The molecule has 1 aromatic heterocycles. The predicted octanol–water partition coefficient (Wildman–Crippen LogP) is 2.77. The fourth-order valence-electron chi connectivity index (χ4n) is 2.75. The van der Waals surface area contributed by atoms with Crippen molar-refractivity contribution in [3.63, 3.8) is 0 Å². The molecule has 25 heavy (non-hydrogen) atoms. The molecule has 0 spiro atoms. The van der Waals surface area contributed by atoms with Crippen LogP contribution in [-0.2, 0) is 22.9 Å². The number of sulfonamides is 1. The van der Waals surface area contributed by atoms with Crippen LogP contribution in [-0.4, -0.2) is 37.7 Å². The van der Waals surface area contributed by atoms with Gasteiger partial charge in [0.1, 0.15) is 0 Å². The topological polar surface area (TPSA) is 79.4 Å². The number of nitrogens with one attached hydrogen (secondary N) is 1. The Balaban J connectivity index is 1.74. The highest BCUT2D eigenvalue weighted by atomic mass is 32.2. The lowest BCUT2D eigenvalue weighted by atomic mass is 9.93. The third-order valence-electron chi connectivity index (χ3n) is 4.30. The largest absolute Gasteiger partial charge is 0.298 e. The van der Waals surface area contributed by atoms with Gasteiger partial charge in [-0.15, -0.1) is 11.3 Å². The summed E-state index contributed by atoms with van der Waals surface area (Å²) in [7, 11) is -0.548. The third-order valence-corrected chi connectivity index (χ3v) is 7.17. The molecular formula is C17H21N3O3S2. The van der Waals surface area contributed by atoms with Crippen molar-refractivity contribution in [1.29, 1.82) is 0 Å². The van der Waals surface area contributed by atoms with E-state index in [1.165, 1.54) is 54.6 Å². The number of benzene rings is 1. The second kappa shape index (κ2) is 6.86. The summed E-state index contributed by atoms with van der Waals surface area (Å²) in [5.41, 5.74) is 1.49. The number of hydrogen-bond donors (Lipinski definition) is 1. The molecule has 134 valence electrons. The first-order valence-electron chi connectivity index (χ1n) is 8.10. The van der Waals surface area contributed by atoms with Gasteiger partial charge in [-0.1, -0.05) is 6.92 Å². The molecule has 1 aliphatic carbocycles. The Labute approximate surface area is 151 Å². The van der Waals surface area contributed by atoms with Crippen LogP contribution in [0.15, 0.2) is 29.2 Å². The zero-order chi connectivity index (χ0) is 18.2. The summed E-state index contributed by atoms with van der Waals surface area (Å²) in [6.07, 6.45) is 3.10. The fourth-order valence-corrected chi connectivity index (χ4v) is 4.82. The Kier molecular flexibility index (Phi) is 4.95. The van der Waals surface area contributed by atoms with Gasteiger partial charge in [0, 0.05) is 24.5 Å². The van der Waals surface area contributed by atoms with E-state index in [1.54, 1.807) is 0 Å². The van der Waals surface area contributed by atoms with Crippen LogP contribution in [0.3, 0.4) is 0 Å². The number of hydrogen-bond acceptors (Lipinski definition) is 5. The highest BCUT2D eigenvalue weighted by Gasteiger charge is 2.21.